The Kier molecular flexibility index (Phi) is 6.84. The third-order valence-corrected chi connectivity index (χ3v) is 5.91. The van der Waals surface area contributed by atoms with Crippen molar-refractivity contribution >= 4 is 17.3 Å². The number of benzene rings is 3. The van der Waals surface area contributed by atoms with Crippen LogP contribution < -0.4 is 14.4 Å². The van der Waals surface area contributed by atoms with Gasteiger partial charge in [-0.2, -0.15) is 0 Å². The zero-order chi connectivity index (χ0) is 23.3. The Hall–Kier alpha value is -3.51. The summed E-state index contributed by atoms with van der Waals surface area (Å²) in [6.45, 7) is 5.14. The van der Waals surface area contributed by atoms with Crippen LogP contribution in [0, 0.1) is 0 Å². The Labute approximate surface area is 194 Å². The van der Waals surface area contributed by atoms with Gasteiger partial charge in [-0.05, 0) is 55.3 Å². The molecule has 0 bridgehead atoms. The molecular weight excluding hydrogens is 418 g/mol. The lowest BCUT2D eigenvalue weighted by Gasteiger charge is -2.32. The maximum absolute atomic E-state index is 11.8. The highest BCUT2D eigenvalue weighted by Gasteiger charge is 2.37. The average molecular weight is 448 g/mol. The maximum atomic E-state index is 11.8. The van der Waals surface area contributed by atoms with Crippen molar-refractivity contribution in [3.63, 3.8) is 0 Å². The van der Waals surface area contributed by atoms with E-state index >= 15 is 0 Å². The number of carbonyl (C=O) groups is 1. The molecule has 0 radical (unpaired) electrons. The second kappa shape index (κ2) is 9.96. The Morgan fingerprint density at radius 2 is 1.55 bits per heavy atom. The van der Waals surface area contributed by atoms with E-state index < -0.39 is 11.6 Å². The van der Waals surface area contributed by atoms with Gasteiger partial charge in [0.1, 0.15) is 12.4 Å². The average Bonchev–Trinajstić information content (AvgIpc) is 2.84. The number of aliphatic carboxylic acids is 1. The number of nitrogens with zero attached hydrogens (tertiary/aromatic N) is 1. The molecule has 4 rings (SSSR count). The summed E-state index contributed by atoms with van der Waals surface area (Å²) >= 11 is 0. The monoisotopic (exact) mass is 447 g/mol. The van der Waals surface area contributed by atoms with Gasteiger partial charge in [0.15, 0.2) is 17.1 Å². The van der Waals surface area contributed by atoms with Gasteiger partial charge in [0.2, 0.25) is 0 Å². The number of carboxylic acid groups (broad SMARTS) is 1. The van der Waals surface area contributed by atoms with Crippen molar-refractivity contribution in [1.82, 2.24) is 0 Å². The molecule has 3 aromatic carbocycles. The SMILES string of the molecule is CCO[C@@](CC)(Cc1ccc(OCCN2c3ccccc3Oc3ccccc32)cc1)C(=O)O. The largest absolute Gasteiger partial charge is 0.492 e. The first-order chi connectivity index (χ1) is 16.1. The molecule has 0 unspecified atom stereocenters. The van der Waals surface area contributed by atoms with Crippen LogP contribution in [0.1, 0.15) is 25.8 Å². The lowest BCUT2D eigenvalue weighted by molar-refractivity contribution is -0.166. The summed E-state index contributed by atoms with van der Waals surface area (Å²) in [5.74, 6) is 1.46. The van der Waals surface area contributed by atoms with Crippen LogP contribution in [0.3, 0.4) is 0 Å². The van der Waals surface area contributed by atoms with Crippen molar-refractivity contribution in [3.05, 3.63) is 78.4 Å². The van der Waals surface area contributed by atoms with Crippen molar-refractivity contribution in [2.24, 2.45) is 0 Å². The van der Waals surface area contributed by atoms with Gasteiger partial charge >= 0.3 is 5.97 Å². The van der Waals surface area contributed by atoms with E-state index in [1.165, 1.54) is 0 Å². The van der Waals surface area contributed by atoms with E-state index in [0.717, 1.165) is 34.2 Å². The fourth-order valence-corrected chi connectivity index (χ4v) is 4.15. The van der Waals surface area contributed by atoms with E-state index in [4.69, 9.17) is 14.2 Å². The van der Waals surface area contributed by atoms with Crippen LogP contribution in [0.2, 0.25) is 0 Å². The lowest BCUT2D eigenvalue weighted by Crippen LogP contribution is -2.43. The summed E-state index contributed by atoms with van der Waals surface area (Å²) < 4.78 is 17.7. The van der Waals surface area contributed by atoms with Gasteiger partial charge in [-0.3, -0.25) is 0 Å². The molecule has 0 spiro atoms. The van der Waals surface area contributed by atoms with Gasteiger partial charge in [-0.15, -0.1) is 0 Å². The first-order valence-electron chi connectivity index (χ1n) is 11.3. The summed E-state index contributed by atoms with van der Waals surface area (Å²) in [4.78, 5) is 14.0. The molecule has 6 nitrogen and oxygen atoms in total. The van der Waals surface area contributed by atoms with Gasteiger partial charge in [-0.1, -0.05) is 43.3 Å². The molecule has 1 atom stereocenters. The summed E-state index contributed by atoms with van der Waals surface area (Å²) in [6, 6.07) is 23.5. The zero-order valence-corrected chi connectivity index (χ0v) is 19.0. The van der Waals surface area contributed by atoms with Gasteiger partial charge in [0.05, 0.1) is 17.9 Å². The minimum absolute atomic E-state index is 0.314. The molecule has 0 aliphatic carbocycles. The highest BCUT2D eigenvalue weighted by molar-refractivity contribution is 5.78. The Balaban J connectivity index is 1.42. The topological polar surface area (TPSA) is 68.2 Å². The van der Waals surface area contributed by atoms with E-state index in [-0.39, 0.29) is 0 Å². The predicted molar refractivity (Wildman–Crippen MR) is 128 cm³/mol. The first kappa shape index (κ1) is 22.7. The van der Waals surface area contributed by atoms with Gasteiger partial charge in [-0.25, -0.2) is 4.79 Å². The third kappa shape index (κ3) is 4.81. The van der Waals surface area contributed by atoms with Crippen molar-refractivity contribution in [3.8, 4) is 17.2 Å². The number of rotatable bonds is 10. The quantitative estimate of drug-likeness (QED) is 0.422. The first-order valence-corrected chi connectivity index (χ1v) is 11.3. The Morgan fingerprint density at radius 1 is 0.939 bits per heavy atom. The van der Waals surface area contributed by atoms with E-state index in [2.05, 4.69) is 4.90 Å². The van der Waals surface area contributed by atoms with Gasteiger partial charge in [0.25, 0.3) is 0 Å². The van der Waals surface area contributed by atoms with Crippen LogP contribution in [0.4, 0.5) is 11.4 Å². The van der Waals surface area contributed by atoms with Gasteiger partial charge in [0, 0.05) is 13.0 Å². The Morgan fingerprint density at radius 3 is 2.09 bits per heavy atom. The molecule has 1 heterocycles. The summed E-state index contributed by atoms with van der Waals surface area (Å²) in [5, 5.41) is 9.69. The van der Waals surface area contributed by atoms with Crippen LogP contribution in [0.5, 0.6) is 17.2 Å². The van der Waals surface area contributed by atoms with Crippen molar-refractivity contribution in [2.75, 3.05) is 24.7 Å². The maximum Gasteiger partial charge on any atom is 0.336 e. The second-order valence-electron chi connectivity index (χ2n) is 7.94. The van der Waals surface area contributed by atoms with Crippen LogP contribution in [0.15, 0.2) is 72.8 Å². The number of ether oxygens (including phenoxy) is 3. The highest BCUT2D eigenvalue weighted by Crippen LogP contribution is 2.45. The van der Waals surface area contributed by atoms with Crippen LogP contribution in [-0.2, 0) is 16.0 Å². The molecule has 3 aromatic rings. The smallest absolute Gasteiger partial charge is 0.336 e. The highest BCUT2D eigenvalue weighted by atomic mass is 16.5. The Bertz CT molecular complexity index is 1050. The number of hydrogen-bond donors (Lipinski definition) is 1. The van der Waals surface area contributed by atoms with Crippen LogP contribution in [0.25, 0.3) is 0 Å². The summed E-state index contributed by atoms with van der Waals surface area (Å²) in [7, 11) is 0. The van der Waals surface area contributed by atoms with Crippen molar-refractivity contribution < 1.29 is 24.1 Å². The van der Waals surface area contributed by atoms with E-state index in [9.17, 15) is 9.90 Å². The molecular formula is C27H29NO5. The third-order valence-electron chi connectivity index (χ3n) is 5.91. The van der Waals surface area contributed by atoms with Crippen LogP contribution >= 0.6 is 0 Å². The molecule has 0 aromatic heterocycles. The molecule has 1 aliphatic rings. The number of para-hydroxylation sites is 4. The molecule has 0 fully saturated rings. The summed E-state index contributed by atoms with van der Waals surface area (Å²) in [6.07, 6.45) is 0.714. The van der Waals surface area contributed by atoms with Gasteiger partial charge < -0.3 is 24.2 Å². The fourth-order valence-electron chi connectivity index (χ4n) is 4.15. The number of hydrogen-bond acceptors (Lipinski definition) is 5. The fraction of sp³-hybridized carbons (Fsp3) is 0.296. The number of fused-ring (bicyclic) bond motifs is 2. The standard InChI is InChI=1S/C27H29NO5/c1-3-27(26(29)30,32-4-2)19-20-13-15-21(16-14-20)31-18-17-28-22-9-5-7-11-24(22)33-25-12-8-6-10-23(25)28/h5-16H,3-4,17-19H2,1-2H3,(H,29,30)/t27-/m0/s1. The number of anilines is 2. The van der Waals surface area contributed by atoms with E-state index in [1.54, 1.807) is 0 Å². The molecule has 172 valence electrons. The van der Waals surface area contributed by atoms with Crippen molar-refractivity contribution in [2.45, 2.75) is 32.3 Å². The molecule has 0 saturated carbocycles. The zero-order valence-electron chi connectivity index (χ0n) is 19.0. The minimum Gasteiger partial charge on any atom is -0.492 e. The minimum atomic E-state index is -1.20. The number of carboxylic acids is 1. The second-order valence-corrected chi connectivity index (χ2v) is 7.94. The molecule has 33 heavy (non-hydrogen) atoms. The molecule has 0 saturated heterocycles. The van der Waals surface area contributed by atoms with Crippen LogP contribution in [-0.4, -0.2) is 36.4 Å². The van der Waals surface area contributed by atoms with E-state index in [0.29, 0.717) is 32.6 Å². The predicted octanol–water partition coefficient (Wildman–Crippen LogP) is 5.82. The van der Waals surface area contributed by atoms with Crippen molar-refractivity contribution in [1.29, 1.82) is 0 Å². The molecule has 6 heteroatoms. The summed E-state index contributed by atoms with van der Waals surface area (Å²) in [5.41, 5.74) is 1.72. The normalized spacial score (nSPS) is 13.9. The van der Waals surface area contributed by atoms with E-state index in [1.807, 2.05) is 86.6 Å². The molecule has 1 N–H and O–H groups in total. The lowest BCUT2D eigenvalue weighted by atomic mass is 9.91. The molecule has 1 aliphatic heterocycles. The molecule has 0 amide bonds.